The van der Waals surface area contributed by atoms with Crippen molar-refractivity contribution in [1.82, 2.24) is 20.2 Å². The van der Waals surface area contributed by atoms with Crippen LogP contribution in [0.1, 0.15) is 12.0 Å². The second-order valence-electron chi connectivity index (χ2n) is 6.40. The Morgan fingerprint density at radius 2 is 1.75 bits per heavy atom. The number of hydrogen-bond acceptors (Lipinski definition) is 4. The number of hydrogen-bond donors (Lipinski definition) is 3. The SMILES string of the molecule is NS(=O)(=O)c1ccc(CCNC(=O)NCCCn2cnc3ccccc32)cc1. The molecule has 0 saturated carbocycles. The van der Waals surface area contributed by atoms with Crippen LogP contribution in [0, 0.1) is 0 Å². The van der Waals surface area contributed by atoms with Crippen LogP contribution in [0.3, 0.4) is 0 Å². The first-order chi connectivity index (χ1) is 13.4. The van der Waals surface area contributed by atoms with Gasteiger partial charge in [-0.25, -0.2) is 23.3 Å². The smallest absolute Gasteiger partial charge is 0.314 e. The number of nitrogens with two attached hydrogens (primary N) is 1. The van der Waals surface area contributed by atoms with Crippen LogP contribution in [-0.2, 0) is 23.0 Å². The molecule has 4 N–H and O–H groups in total. The predicted octanol–water partition coefficient (Wildman–Crippen LogP) is 1.62. The first kappa shape index (κ1) is 19.8. The molecule has 148 valence electrons. The molecule has 0 atom stereocenters. The van der Waals surface area contributed by atoms with Gasteiger partial charge in [0.15, 0.2) is 0 Å². The lowest BCUT2D eigenvalue weighted by Crippen LogP contribution is -2.37. The van der Waals surface area contributed by atoms with E-state index in [0.717, 1.165) is 29.6 Å². The van der Waals surface area contributed by atoms with E-state index in [-0.39, 0.29) is 10.9 Å². The molecule has 2 amide bonds. The summed E-state index contributed by atoms with van der Waals surface area (Å²) in [5, 5.41) is 10.7. The highest BCUT2D eigenvalue weighted by Crippen LogP contribution is 2.12. The van der Waals surface area contributed by atoms with Crippen molar-refractivity contribution in [2.45, 2.75) is 24.3 Å². The number of carbonyl (C=O) groups is 1. The maximum Gasteiger partial charge on any atom is 0.314 e. The maximum atomic E-state index is 11.9. The van der Waals surface area contributed by atoms with Crippen LogP contribution in [0.2, 0.25) is 0 Å². The number of nitrogens with one attached hydrogen (secondary N) is 2. The van der Waals surface area contributed by atoms with Gasteiger partial charge >= 0.3 is 6.03 Å². The molecule has 3 rings (SSSR count). The highest BCUT2D eigenvalue weighted by molar-refractivity contribution is 7.89. The van der Waals surface area contributed by atoms with Crippen molar-refractivity contribution in [3.8, 4) is 0 Å². The monoisotopic (exact) mass is 401 g/mol. The predicted molar refractivity (Wildman–Crippen MR) is 107 cm³/mol. The van der Waals surface area contributed by atoms with E-state index in [1.807, 2.05) is 30.6 Å². The quantitative estimate of drug-likeness (QED) is 0.497. The lowest BCUT2D eigenvalue weighted by molar-refractivity contribution is 0.240. The van der Waals surface area contributed by atoms with E-state index in [4.69, 9.17) is 5.14 Å². The van der Waals surface area contributed by atoms with E-state index in [9.17, 15) is 13.2 Å². The van der Waals surface area contributed by atoms with Crippen molar-refractivity contribution in [2.24, 2.45) is 5.14 Å². The molecule has 8 nitrogen and oxygen atoms in total. The highest BCUT2D eigenvalue weighted by atomic mass is 32.2. The summed E-state index contributed by atoms with van der Waals surface area (Å²) in [6.07, 6.45) is 3.20. The average Bonchev–Trinajstić information content (AvgIpc) is 3.08. The molecule has 0 spiro atoms. The van der Waals surface area contributed by atoms with Crippen LogP contribution in [0.25, 0.3) is 11.0 Å². The molecule has 0 radical (unpaired) electrons. The van der Waals surface area contributed by atoms with E-state index in [1.165, 1.54) is 12.1 Å². The molecule has 0 aliphatic heterocycles. The standard InChI is InChI=1S/C19H23N5O3S/c20-28(26,27)16-8-6-15(7-9-16)10-12-22-19(25)21-11-3-13-24-14-23-17-4-1-2-5-18(17)24/h1-2,4-9,14H,3,10-13H2,(H2,20,26,27)(H2,21,22,25). The number of aromatic nitrogens is 2. The third kappa shape index (κ3) is 5.30. The average molecular weight is 401 g/mol. The topological polar surface area (TPSA) is 119 Å². The van der Waals surface area contributed by atoms with Crippen molar-refractivity contribution < 1.29 is 13.2 Å². The number of rotatable bonds is 8. The molecule has 0 bridgehead atoms. The normalized spacial score (nSPS) is 11.5. The Bertz CT molecular complexity index is 1040. The van der Waals surface area contributed by atoms with Crippen molar-refractivity contribution in [2.75, 3.05) is 13.1 Å². The minimum Gasteiger partial charge on any atom is -0.338 e. The van der Waals surface area contributed by atoms with E-state index in [2.05, 4.69) is 20.2 Å². The Kier molecular flexibility index (Phi) is 6.27. The van der Waals surface area contributed by atoms with Crippen LogP contribution >= 0.6 is 0 Å². The van der Waals surface area contributed by atoms with Crippen molar-refractivity contribution in [3.63, 3.8) is 0 Å². The van der Waals surface area contributed by atoms with Crippen molar-refractivity contribution >= 4 is 27.1 Å². The Hall–Kier alpha value is -2.91. The largest absolute Gasteiger partial charge is 0.338 e. The summed E-state index contributed by atoms with van der Waals surface area (Å²) in [4.78, 5) is 16.3. The second-order valence-corrected chi connectivity index (χ2v) is 7.96. The summed E-state index contributed by atoms with van der Waals surface area (Å²) in [6.45, 7) is 1.78. The molecular weight excluding hydrogens is 378 g/mol. The first-order valence-electron chi connectivity index (χ1n) is 8.97. The van der Waals surface area contributed by atoms with Gasteiger partial charge in [-0.2, -0.15) is 0 Å². The minimum absolute atomic E-state index is 0.0765. The van der Waals surface area contributed by atoms with Gasteiger partial charge in [-0.15, -0.1) is 0 Å². The van der Waals surface area contributed by atoms with Gasteiger partial charge < -0.3 is 15.2 Å². The zero-order valence-corrected chi connectivity index (χ0v) is 16.2. The van der Waals surface area contributed by atoms with E-state index < -0.39 is 10.0 Å². The second kappa shape index (κ2) is 8.85. The summed E-state index contributed by atoms with van der Waals surface area (Å²) >= 11 is 0. The lowest BCUT2D eigenvalue weighted by atomic mass is 10.1. The van der Waals surface area contributed by atoms with Gasteiger partial charge in [-0.1, -0.05) is 24.3 Å². The van der Waals surface area contributed by atoms with Crippen LogP contribution in [0.5, 0.6) is 0 Å². The van der Waals surface area contributed by atoms with Gasteiger partial charge in [0.1, 0.15) is 0 Å². The van der Waals surface area contributed by atoms with E-state index in [1.54, 1.807) is 12.1 Å². The number of primary sulfonamides is 1. The number of carbonyl (C=O) groups excluding carboxylic acids is 1. The Morgan fingerprint density at radius 1 is 1.04 bits per heavy atom. The zero-order valence-electron chi connectivity index (χ0n) is 15.3. The van der Waals surface area contributed by atoms with Crippen molar-refractivity contribution in [3.05, 3.63) is 60.4 Å². The van der Waals surface area contributed by atoms with Crippen LogP contribution < -0.4 is 15.8 Å². The number of amides is 2. The number of aryl methyl sites for hydroxylation is 1. The van der Waals surface area contributed by atoms with Crippen LogP contribution in [0.4, 0.5) is 4.79 Å². The number of fused-ring (bicyclic) bond motifs is 1. The number of nitrogens with zero attached hydrogens (tertiary/aromatic N) is 2. The molecule has 0 fully saturated rings. The molecule has 3 aromatic rings. The highest BCUT2D eigenvalue weighted by Gasteiger charge is 2.07. The number of para-hydroxylation sites is 2. The number of urea groups is 1. The Balaban J connectivity index is 1.34. The molecule has 0 aliphatic rings. The summed E-state index contributed by atoms with van der Waals surface area (Å²) in [5.41, 5.74) is 2.96. The number of benzene rings is 2. The molecule has 0 unspecified atom stereocenters. The maximum absolute atomic E-state index is 11.9. The Morgan fingerprint density at radius 3 is 2.50 bits per heavy atom. The molecular formula is C19H23N5O3S. The van der Waals surface area contributed by atoms with Crippen LogP contribution in [0.15, 0.2) is 59.8 Å². The van der Waals surface area contributed by atoms with Gasteiger partial charge in [0.05, 0.1) is 22.3 Å². The van der Waals surface area contributed by atoms with E-state index >= 15 is 0 Å². The third-order valence-corrected chi connectivity index (χ3v) is 5.27. The molecule has 1 aromatic heterocycles. The van der Waals surface area contributed by atoms with Crippen molar-refractivity contribution in [1.29, 1.82) is 0 Å². The van der Waals surface area contributed by atoms with Crippen LogP contribution in [-0.4, -0.2) is 37.1 Å². The Labute approximate surface area is 163 Å². The third-order valence-electron chi connectivity index (χ3n) is 4.34. The number of sulfonamides is 1. The minimum atomic E-state index is -3.68. The molecule has 28 heavy (non-hydrogen) atoms. The summed E-state index contributed by atoms with van der Waals surface area (Å²) < 4.78 is 24.5. The molecule has 0 aliphatic carbocycles. The van der Waals surface area contributed by atoms with Gasteiger partial charge in [0.25, 0.3) is 0 Å². The molecule has 0 saturated heterocycles. The van der Waals surface area contributed by atoms with Gasteiger partial charge in [-0.3, -0.25) is 0 Å². The molecule has 1 heterocycles. The van der Waals surface area contributed by atoms with E-state index in [0.29, 0.717) is 19.5 Å². The first-order valence-corrected chi connectivity index (χ1v) is 10.5. The fourth-order valence-electron chi connectivity index (χ4n) is 2.87. The lowest BCUT2D eigenvalue weighted by Gasteiger charge is -2.09. The fourth-order valence-corrected chi connectivity index (χ4v) is 3.38. The fraction of sp³-hybridized carbons (Fsp3) is 0.263. The van der Waals surface area contributed by atoms with Gasteiger partial charge in [-0.05, 0) is 42.7 Å². The van der Waals surface area contributed by atoms with Gasteiger partial charge in [0, 0.05) is 19.6 Å². The zero-order chi connectivity index (χ0) is 20.0. The molecule has 9 heteroatoms. The summed E-state index contributed by atoms with van der Waals surface area (Å²) in [6, 6.07) is 14.0. The summed E-state index contributed by atoms with van der Waals surface area (Å²) in [7, 11) is -3.68. The molecule has 2 aromatic carbocycles. The van der Waals surface area contributed by atoms with Gasteiger partial charge in [0.2, 0.25) is 10.0 Å². The number of imidazole rings is 1. The summed E-state index contributed by atoms with van der Waals surface area (Å²) in [5.74, 6) is 0.